The molecule has 2 fully saturated rings. The van der Waals surface area contributed by atoms with Crippen LogP contribution < -0.4 is 10.4 Å². The Labute approximate surface area is 119 Å². The predicted molar refractivity (Wildman–Crippen MR) is 72.1 cm³/mol. The van der Waals surface area contributed by atoms with E-state index in [1.165, 1.54) is 13.2 Å². The molecule has 0 spiro atoms. The van der Waals surface area contributed by atoms with Gasteiger partial charge in [-0.25, -0.2) is 4.79 Å². The van der Waals surface area contributed by atoms with Crippen LogP contribution in [0, 0.1) is 0 Å². The van der Waals surface area contributed by atoms with Gasteiger partial charge in [-0.05, 0) is 19.1 Å². The number of aliphatic hydroxyl groups excluding tert-OH is 1. The van der Waals surface area contributed by atoms with Crippen LogP contribution in [0.4, 0.5) is 0 Å². The highest BCUT2D eigenvalue weighted by molar-refractivity contribution is 5.79. The lowest BCUT2D eigenvalue weighted by molar-refractivity contribution is -0.160. The summed E-state index contributed by atoms with van der Waals surface area (Å²) in [6, 6.07) is 6.53. The van der Waals surface area contributed by atoms with Gasteiger partial charge in [0.2, 0.25) is 0 Å². The molecular weight excluding hydrogens is 276 g/mol. The number of epoxide rings is 1. The quantitative estimate of drug-likeness (QED) is 0.664. The second kappa shape index (κ2) is 4.07. The standard InChI is InChI=1S/C15H14O6/c1-15-13(21-15)12(20-14(15)17)8-5-7-3-4-11(16)19-9(7)6-10(8)18-2/h3-6,12-14,17H,1-2H3/t12-,13-,14-,15+/m1/s1. The number of methoxy groups -OCH3 is 1. The van der Waals surface area contributed by atoms with Crippen molar-refractivity contribution in [2.45, 2.75) is 31.0 Å². The molecule has 0 amide bonds. The van der Waals surface area contributed by atoms with E-state index >= 15 is 0 Å². The first-order chi connectivity index (χ1) is 10.0. The zero-order chi connectivity index (χ0) is 14.8. The molecule has 2 saturated heterocycles. The smallest absolute Gasteiger partial charge is 0.336 e. The molecule has 110 valence electrons. The van der Waals surface area contributed by atoms with Crippen molar-refractivity contribution >= 4 is 11.0 Å². The van der Waals surface area contributed by atoms with Gasteiger partial charge in [0, 0.05) is 23.1 Å². The molecule has 0 bridgehead atoms. The van der Waals surface area contributed by atoms with Gasteiger partial charge in [-0.2, -0.15) is 0 Å². The van der Waals surface area contributed by atoms with Crippen LogP contribution in [0.1, 0.15) is 18.6 Å². The summed E-state index contributed by atoms with van der Waals surface area (Å²) in [5.74, 6) is 0.536. The summed E-state index contributed by atoms with van der Waals surface area (Å²) in [7, 11) is 1.53. The number of rotatable bonds is 2. The first kappa shape index (κ1) is 12.8. The summed E-state index contributed by atoms with van der Waals surface area (Å²) < 4.78 is 21.6. The van der Waals surface area contributed by atoms with Crippen molar-refractivity contribution in [1.29, 1.82) is 0 Å². The molecule has 2 aliphatic heterocycles. The summed E-state index contributed by atoms with van der Waals surface area (Å²) in [5.41, 5.74) is 0.154. The molecule has 3 heterocycles. The number of ether oxygens (including phenoxy) is 3. The highest BCUT2D eigenvalue weighted by Gasteiger charge is 2.68. The largest absolute Gasteiger partial charge is 0.496 e. The molecule has 0 radical (unpaired) electrons. The predicted octanol–water partition coefficient (Wildman–Crippen LogP) is 1.35. The maximum absolute atomic E-state index is 11.3. The second-order valence-electron chi connectivity index (χ2n) is 5.52. The van der Waals surface area contributed by atoms with E-state index in [1.807, 2.05) is 13.0 Å². The third kappa shape index (κ3) is 1.73. The third-order valence-electron chi connectivity index (χ3n) is 4.21. The average Bonchev–Trinajstić information content (AvgIpc) is 3.09. The molecule has 0 unspecified atom stereocenters. The van der Waals surface area contributed by atoms with Crippen LogP contribution in [0.25, 0.3) is 11.0 Å². The fraction of sp³-hybridized carbons (Fsp3) is 0.400. The summed E-state index contributed by atoms with van der Waals surface area (Å²) in [5, 5.41) is 10.7. The normalized spacial score (nSPS) is 34.0. The van der Waals surface area contributed by atoms with Crippen molar-refractivity contribution < 1.29 is 23.7 Å². The molecule has 21 heavy (non-hydrogen) atoms. The average molecular weight is 290 g/mol. The van der Waals surface area contributed by atoms with Gasteiger partial charge in [-0.15, -0.1) is 0 Å². The number of hydrogen-bond acceptors (Lipinski definition) is 6. The minimum absolute atomic E-state index is 0.199. The molecule has 1 aromatic heterocycles. The van der Waals surface area contributed by atoms with Crippen LogP contribution in [0.3, 0.4) is 0 Å². The molecule has 4 rings (SSSR count). The van der Waals surface area contributed by atoms with E-state index in [9.17, 15) is 9.90 Å². The fourth-order valence-corrected chi connectivity index (χ4v) is 2.90. The molecule has 6 nitrogen and oxygen atoms in total. The molecule has 0 saturated carbocycles. The lowest BCUT2D eigenvalue weighted by Gasteiger charge is -2.18. The van der Waals surface area contributed by atoms with Gasteiger partial charge in [0.05, 0.1) is 7.11 Å². The van der Waals surface area contributed by atoms with Crippen molar-refractivity contribution in [2.75, 3.05) is 7.11 Å². The minimum atomic E-state index is -0.957. The SMILES string of the molecule is COc1cc2oc(=O)ccc2cc1[C@H]1O[C@@H](O)[C@@]2(C)O[C@H]12. The van der Waals surface area contributed by atoms with E-state index in [0.29, 0.717) is 11.3 Å². The van der Waals surface area contributed by atoms with Gasteiger partial charge in [0.1, 0.15) is 29.1 Å². The van der Waals surface area contributed by atoms with E-state index in [1.54, 1.807) is 12.1 Å². The number of fused-ring (bicyclic) bond motifs is 2. The van der Waals surface area contributed by atoms with E-state index in [2.05, 4.69) is 0 Å². The summed E-state index contributed by atoms with van der Waals surface area (Å²) >= 11 is 0. The zero-order valence-corrected chi connectivity index (χ0v) is 11.5. The van der Waals surface area contributed by atoms with Crippen LogP contribution in [-0.4, -0.2) is 30.2 Å². The van der Waals surface area contributed by atoms with E-state index in [4.69, 9.17) is 18.6 Å². The Morgan fingerprint density at radius 2 is 2.14 bits per heavy atom. The highest BCUT2D eigenvalue weighted by atomic mass is 16.7. The van der Waals surface area contributed by atoms with Gasteiger partial charge in [-0.1, -0.05) is 0 Å². The highest BCUT2D eigenvalue weighted by Crippen LogP contribution is 2.56. The van der Waals surface area contributed by atoms with Crippen molar-refractivity contribution in [3.05, 3.63) is 40.2 Å². The minimum Gasteiger partial charge on any atom is -0.496 e. The van der Waals surface area contributed by atoms with Crippen LogP contribution >= 0.6 is 0 Å². The van der Waals surface area contributed by atoms with Crippen molar-refractivity contribution in [3.8, 4) is 5.75 Å². The molecule has 4 atom stereocenters. The molecule has 1 N–H and O–H groups in total. The van der Waals surface area contributed by atoms with Crippen LogP contribution in [-0.2, 0) is 9.47 Å². The van der Waals surface area contributed by atoms with E-state index in [0.717, 1.165) is 10.9 Å². The van der Waals surface area contributed by atoms with Crippen molar-refractivity contribution in [2.24, 2.45) is 0 Å². The number of aliphatic hydroxyl groups is 1. The molecule has 6 heteroatoms. The Bertz CT molecular complexity index is 781. The Balaban J connectivity index is 1.85. The fourth-order valence-electron chi connectivity index (χ4n) is 2.90. The lowest BCUT2D eigenvalue weighted by atomic mass is 9.99. The van der Waals surface area contributed by atoms with Crippen LogP contribution in [0.2, 0.25) is 0 Å². The Morgan fingerprint density at radius 3 is 2.76 bits per heavy atom. The molecular formula is C15H14O6. The summed E-state index contributed by atoms with van der Waals surface area (Å²) in [6.45, 7) is 1.81. The molecule has 0 aliphatic carbocycles. The van der Waals surface area contributed by atoms with Gasteiger partial charge in [0.15, 0.2) is 6.29 Å². The van der Waals surface area contributed by atoms with E-state index in [-0.39, 0.29) is 6.10 Å². The van der Waals surface area contributed by atoms with Gasteiger partial charge in [0.25, 0.3) is 0 Å². The topological polar surface area (TPSA) is 81.4 Å². The van der Waals surface area contributed by atoms with Gasteiger partial charge < -0.3 is 23.7 Å². The Morgan fingerprint density at radius 1 is 1.33 bits per heavy atom. The zero-order valence-electron chi connectivity index (χ0n) is 11.5. The van der Waals surface area contributed by atoms with Crippen LogP contribution in [0.5, 0.6) is 5.75 Å². The molecule has 1 aromatic carbocycles. The second-order valence-corrected chi connectivity index (χ2v) is 5.52. The number of hydrogen-bond donors (Lipinski definition) is 1. The first-order valence-electron chi connectivity index (χ1n) is 6.66. The van der Waals surface area contributed by atoms with E-state index < -0.39 is 23.6 Å². The third-order valence-corrected chi connectivity index (χ3v) is 4.21. The summed E-state index contributed by atoms with van der Waals surface area (Å²) in [6.07, 6.45) is -1.56. The monoisotopic (exact) mass is 290 g/mol. The lowest BCUT2D eigenvalue weighted by Crippen LogP contribution is -2.24. The Kier molecular flexibility index (Phi) is 2.48. The number of benzene rings is 1. The van der Waals surface area contributed by atoms with Gasteiger partial charge in [-0.3, -0.25) is 0 Å². The Hall–Kier alpha value is -1.89. The van der Waals surface area contributed by atoms with Crippen molar-refractivity contribution in [3.63, 3.8) is 0 Å². The van der Waals surface area contributed by atoms with Crippen LogP contribution in [0.15, 0.2) is 33.5 Å². The summed E-state index contributed by atoms with van der Waals surface area (Å²) in [4.78, 5) is 11.3. The maximum Gasteiger partial charge on any atom is 0.336 e. The maximum atomic E-state index is 11.3. The molecule has 2 aliphatic rings. The van der Waals surface area contributed by atoms with Gasteiger partial charge >= 0.3 is 5.63 Å². The van der Waals surface area contributed by atoms with Crippen molar-refractivity contribution in [1.82, 2.24) is 0 Å². The molecule has 2 aromatic rings. The first-order valence-corrected chi connectivity index (χ1v) is 6.66.